The second-order valence-electron chi connectivity index (χ2n) is 6.14. The summed E-state index contributed by atoms with van der Waals surface area (Å²) >= 11 is 1.64. The maximum Gasteiger partial charge on any atom is 0.273 e. The van der Waals surface area contributed by atoms with Crippen molar-refractivity contribution < 1.29 is 9.59 Å². The quantitative estimate of drug-likeness (QED) is 0.542. The molecule has 0 spiro atoms. The summed E-state index contributed by atoms with van der Waals surface area (Å²) in [5.41, 5.74) is 8.46. The van der Waals surface area contributed by atoms with Gasteiger partial charge in [0, 0.05) is 29.6 Å². The van der Waals surface area contributed by atoms with Gasteiger partial charge in [-0.25, -0.2) is 9.97 Å². The zero-order valence-electron chi connectivity index (χ0n) is 16.1. The van der Waals surface area contributed by atoms with Crippen molar-refractivity contribution in [2.45, 2.75) is 11.4 Å². The third-order valence-corrected chi connectivity index (χ3v) is 5.13. The average molecular weight is 407 g/mol. The molecule has 1 heterocycles. The summed E-state index contributed by atoms with van der Waals surface area (Å²) in [6.45, 7) is 0.433. The van der Waals surface area contributed by atoms with Crippen LogP contribution in [-0.4, -0.2) is 35.1 Å². The van der Waals surface area contributed by atoms with E-state index in [0.717, 1.165) is 10.5 Å². The molecular weight excluding hydrogens is 386 g/mol. The Morgan fingerprint density at radius 3 is 2.66 bits per heavy atom. The Balaban J connectivity index is 1.81. The Morgan fingerprint density at radius 2 is 1.90 bits per heavy atom. The van der Waals surface area contributed by atoms with Crippen LogP contribution in [0.4, 0.5) is 5.82 Å². The van der Waals surface area contributed by atoms with Gasteiger partial charge in [-0.3, -0.25) is 9.59 Å². The van der Waals surface area contributed by atoms with Crippen LogP contribution in [0.1, 0.15) is 26.4 Å². The molecule has 0 atom stereocenters. The topological polar surface area (TPSA) is 110 Å². The normalized spacial score (nSPS) is 10.4. The fourth-order valence-electron chi connectivity index (χ4n) is 2.77. The molecular formula is C21H21N5O2S. The van der Waals surface area contributed by atoms with E-state index >= 15 is 0 Å². The van der Waals surface area contributed by atoms with Gasteiger partial charge < -0.3 is 16.4 Å². The average Bonchev–Trinajstić information content (AvgIpc) is 2.77. The van der Waals surface area contributed by atoms with Crippen molar-refractivity contribution in [1.82, 2.24) is 20.6 Å². The van der Waals surface area contributed by atoms with Crippen LogP contribution in [0.2, 0.25) is 0 Å². The van der Waals surface area contributed by atoms with Gasteiger partial charge >= 0.3 is 0 Å². The number of nitrogens with two attached hydrogens (primary N) is 1. The highest BCUT2D eigenvalue weighted by atomic mass is 32.2. The van der Waals surface area contributed by atoms with E-state index in [2.05, 4.69) is 20.6 Å². The number of amides is 2. The number of thioether (sulfide) groups is 1. The van der Waals surface area contributed by atoms with Gasteiger partial charge in [-0.05, 0) is 30.0 Å². The zero-order chi connectivity index (χ0) is 20.8. The van der Waals surface area contributed by atoms with E-state index in [4.69, 9.17) is 5.73 Å². The number of carbonyl (C=O) groups excluding carboxylic acids is 2. The Kier molecular flexibility index (Phi) is 6.46. The number of nitrogens with one attached hydrogen (secondary N) is 2. The predicted molar refractivity (Wildman–Crippen MR) is 115 cm³/mol. The summed E-state index contributed by atoms with van der Waals surface area (Å²) in [7, 11) is 1.50. The molecule has 0 saturated heterocycles. The molecule has 3 aromatic rings. The van der Waals surface area contributed by atoms with Gasteiger partial charge in [0.2, 0.25) is 0 Å². The summed E-state index contributed by atoms with van der Waals surface area (Å²) in [4.78, 5) is 34.0. The Bertz CT molecular complexity index is 1050. The fraction of sp³-hybridized carbons (Fsp3) is 0.143. The Morgan fingerprint density at radius 1 is 1.10 bits per heavy atom. The van der Waals surface area contributed by atoms with Gasteiger partial charge in [0.15, 0.2) is 11.5 Å². The maximum atomic E-state index is 12.6. The van der Waals surface area contributed by atoms with E-state index < -0.39 is 5.91 Å². The van der Waals surface area contributed by atoms with E-state index in [-0.39, 0.29) is 17.4 Å². The highest BCUT2D eigenvalue weighted by Crippen LogP contribution is 2.21. The molecule has 4 N–H and O–H groups in total. The van der Waals surface area contributed by atoms with E-state index in [1.165, 1.54) is 13.2 Å². The SMILES string of the molecule is CNC(=O)c1nc(-c2cccc(C(=O)NCc3ccccc3SC)c2)cnc1N. The summed E-state index contributed by atoms with van der Waals surface area (Å²) in [6, 6.07) is 14.9. The van der Waals surface area contributed by atoms with Gasteiger partial charge in [-0.15, -0.1) is 11.8 Å². The smallest absolute Gasteiger partial charge is 0.273 e. The van der Waals surface area contributed by atoms with E-state index in [9.17, 15) is 9.59 Å². The molecule has 2 aromatic carbocycles. The first-order chi connectivity index (χ1) is 14.0. The third-order valence-electron chi connectivity index (χ3n) is 4.30. The number of rotatable bonds is 6. The van der Waals surface area contributed by atoms with E-state index in [1.54, 1.807) is 36.0 Å². The van der Waals surface area contributed by atoms with Crippen molar-refractivity contribution >= 4 is 29.4 Å². The van der Waals surface area contributed by atoms with Crippen molar-refractivity contribution in [2.24, 2.45) is 0 Å². The fourth-order valence-corrected chi connectivity index (χ4v) is 3.39. The molecule has 0 radical (unpaired) electrons. The Hall–Kier alpha value is -3.39. The molecule has 0 fully saturated rings. The van der Waals surface area contributed by atoms with Crippen LogP contribution in [-0.2, 0) is 6.54 Å². The van der Waals surface area contributed by atoms with E-state index in [1.807, 2.05) is 30.5 Å². The largest absolute Gasteiger partial charge is 0.382 e. The van der Waals surface area contributed by atoms with Crippen LogP contribution in [0.5, 0.6) is 0 Å². The highest BCUT2D eigenvalue weighted by molar-refractivity contribution is 7.98. The van der Waals surface area contributed by atoms with Crippen molar-refractivity contribution in [3.63, 3.8) is 0 Å². The molecule has 8 heteroatoms. The predicted octanol–water partition coefficient (Wildman–Crippen LogP) is 2.74. The van der Waals surface area contributed by atoms with Crippen LogP contribution >= 0.6 is 11.8 Å². The minimum atomic E-state index is -0.418. The minimum Gasteiger partial charge on any atom is -0.382 e. The molecule has 3 rings (SSSR count). The number of aromatic nitrogens is 2. The number of anilines is 1. The molecule has 0 aliphatic heterocycles. The van der Waals surface area contributed by atoms with Gasteiger partial charge in [-0.2, -0.15) is 0 Å². The molecule has 7 nitrogen and oxygen atoms in total. The van der Waals surface area contributed by atoms with Gasteiger partial charge in [0.25, 0.3) is 11.8 Å². The number of benzene rings is 2. The first-order valence-electron chi connectivity index (χ1n) is 8.88. The number of nitrogens with zero attached hydrogens (tertiary/aromatic N) is 2. The Labute approximate surface area is 173 Å². The summed E-state index contributed by atoms with van der Waals surface area (Å²) < 4.78 is 0. The molecule has 0 saturated carbocycles. The van der Waals surface area contributed by atoms with Crippen LogP contribution in [0.25, 0.3) is 11.3 Å². The standard InChI is InChI=1S/C21H21N5O2S/c1-23-21(28)18-19(22)24-12-16(26-18)13-7-5-8-14(10-13)20(27)25-11-15-6-3-4-9-17(15)29-2/h3-10,12H,11H2,1-2H3,(H2,22,24)(H,23,28)(H,25,27). The molecule has 2 amide bonds. The van der Waals surface area contributed by atoms with Crippen molar-refractivity contribution in [3.05, 3.63) is 71.5 Å². The molecule has 0 aliphatic carbocycles. The number of hydrogen-bond acceptors (Lipinski definition) is 6. The third kappa shape index (κ3) is 4.72. The zero-order valence-corrected chi connectivity index (χ0v) is 16.9. The van der Waals surface area contributed by atoms with Gasteiger partial charge in [-0.1, -0.05) is 30.3 Å². The first-order valence-corrected chi connectivity index (χ1v) is 10.1. The van der Waals surface area contributed by atoms with Crippen LogP contribution in [0.3, 0.4) is 0 Å². The second kappa shape index (κ2) is 9.20. The lowest BCUT2D eigenvalue weighted by atomic mass is 10.1. The van der Waals surface area contributed by atoms with E-state index in [0.29, 0.717) is 23.4 Å². The summed E-state index contributed by atoms with van der Waals surface area (Å²) in [5.74, 6) is -0.564. The summed E-state index contributed by atoms with van der Waals surface area (Å²) in [6.07, 6.45) is 3.48. The molecule has 148 valence electrons. The van der Waals surface area contributed by atoms with Gasteiger partial charge in [0.1, 0.15) is 0 Å². The molecule has 1 aromatic heterocycles. The van der Waals surface area contributed by atoms with Crippen molar-refractivity contribution in [1.29, 1.82) is 0 Å². The molecule has 0 bridgehead atoms. The van der Waals surface area contributed by atoms with Crippen molar-refractivity contribution in [3.8, 4) is 11.3 Å². The highest BCUT2D eigenvalue weighted by Gasteiger charge is 2.14. The number of hydrogen-bond donors (Lipinski definition) is 3. The minimum absolute atomic E-state index is 0.0496. The lowest BCUT2D eigenvalue weighted by Gasteiger charge is -2.10. The van der Waals surface area contributed by atoms with Crippen LogP contribution < -0.4 is 16.4 Å². The van der Waals surface area contributed by atoms with Crippen LogP contribution in [0.15, 0.2) is 59.6 Å². The molecule has 0 aliphatic rings. The first kappa shape index (κ1) is 20.3. The van der Waals surface area contributed by atoms with Crippen molar-refractivity contribution in [2.75, 3.05) is 19.0 Å². The lowest BCUT2D eigenvalue weighted by molar-refractivity contribution is 0.0945. The monoisotopic (exact) mass is 407 g/mol. The number of nitrogen functional groups attached to an aromatic ring is 1. The maximum absolute atomic E-state index is 12.6. The summed E-state index contributed by atoms with van der Waals surface area (Å²) in [5, 5.41) is 5.43. The number of carbonyl (C=O) groups is 2. The lowest BCUT2D eigenvalue weighted by Crippen LogP contribution is -2.23. The second-order valence-corrected chi connectivity index (χ2v) is 6.99. The van der Waals surface area contributed by atoms with Gasteiger partial charge in [0.05, 0.1) is 11.9 Å². The molecule has 29 heavy (non-hydrogen) atoms. The van der Waals surface area contributed by atoms with Crippen LogP contribution in [0, 0.1) is 0 Å². The molecule has 0 unspecified atom stereocenters.